The molecule has 0 aliphatic carbocycles. The number of anilines is 1. The molecule has 1 saturated heterocycles. The van der Waals surface area contributed by atoms with Crippen LogP contribution in [0.25, 0.3) is 0 Å². The lowest BCUT2D eigenvalue weighted by molar-refractivity contribution is -0.129. The summed E-state index contributed by atoms with van der Waals surface area (Å²) in [6.07, 6.45) is 0.873. The molecule has 0 unspecified atom stereocenters. The molecule has 1 heterocycles. The second-order valence-electron chi connectivity index (χ2n) is 6.91. The summed E-state index contributed by atoms with van der Waals surface area (Å²) >= 11 is 0. The summed E-state index contributed by atoms with van der Waals surface area (Å²) in [6.45, 7) is 2.47. The first kappa shape index (κ1) is 20.5. The Hall–Kier alpha value is -3.22. The first-order valence-corrected chi connectivity index (χ1v) is 9.57. The molecule has 2 amide bonds. The van der Waals surface area contributed by atoms with Gasteiger partial charge in [0.05, 0.1) is 5.56 Å². The lowest BCUT2D eigenvalue weighted by Crippen LogP contribution is -2.37. The van der Waals surface area contributed by atoms with E-state index in [1.165, 1.54) is 19.1 Å². The second-order valence-corrected chi connectivity index (χ2v) is 6.91. The van der Waals surface area contributed by atoms with E-state index in [4.69, 9.17) is 4.74 Å². The van der Waals surface area contributed by atoms with E-state index in [1.54, 1.807) is 41.3 Å². The smallest absolute Gasteiger partial charge is 0.338 e. The third-order valence-electron chi connectivity index (χ3n) is 4.75. The van der Waals surface area contributed by atoms with Crippen molar-refractivity contribution in [3.8, 4) is 0 Å². The van der Waals surface area contributed by atoms with Gasteiger partial charge in [-0.05, 0) is 55.7 Å². The van der Waals surface area contributed by atoms with Crippen molar-refractivity contribution in [1.82, 2.24) is 5.32 Å². The van der Waals surface area contributed by atoms with Crippen LogP contribution >= 0.6 is 0 Å². The van der Waals surface area contributed by atoms with Gasteiger partial charge in [-0.25, -0.2) is 9.18 Å². The van der Waals surface area contributed by atoms with Crippen molar-refractivity contribution in [1.29, 1.82) is 0 Å². The Morgan fingerprint density at radius 2 is 1.97 bits per heavy atom. The largest absolute Gasteiger partial charge is 0.449 e. The average Bonchev–Trinajstić information content (AvgIpc) is 3.15. The highest BCUT2D eigenvalue weighted by atomic mass is 19.1. The number of carbonyl (C=O) groups excluding carboxylic acids is 3. The molecule has 0 aromatic heterocycles. The minimum absolute atomic E-state index is 0.0319. The van der Waals surface area contributed by atoms with E-state index in [0.717, 1.165) is 12.0 Å². The predicted molar refractivity (Wildman–Crippen MR) is 106 cm³/mol. The van der Waals surface area contributed by atoms with Gasteiger partial charge < -0.3 is 15.0 Å². The van der Waals surface area contributed by atoms with E-state index in [1.807, 2.05) is 0 Å². The lowest BCUT2D eigenvalue weighted by atomic mass is 10.1. The summed E-state index contributed by atoms with van der Waals surface area (Å²) in [7, 11) is 0. The predicted octanol–water partition coefficient (Wildman–Crippen LogP) is 2.86. The zero-order valence-electron chi connectivity index (χ0n) is 16.2. The Bertz CT molecular complexity index is 898. The summed E-state index contributed by atoms with van der Waals surface area (Å²) in [6, 6.07) is 12.7. The molecule has 0 radical (unpaired) electrons. The second kappa shape index (κ2) is 9.32. The molecule has 2 aromatic carbocycles. The Balaban J connectivity index is 1.51. The van der Waals surface area contributed by atoms with Crippen molar-refractivity contribution < 1.29 is 23.5 Å². The first-order valence-electron chi connectivity index (χ1n) is 9.57. The average molecular weight is 398 g/mol. The van der Waals surface area contributed by atoms with Gasteiger partial charge in [-0.3, -0.25) is 9.59 Å². The Labute approximate surface area is 168 Å². The number of esters is 1. The van der Waals surface area contributed by atoms with Gasteiger partial charge in [0, 0.05) is 25.2 Å². The number of carbonyl (C=O) groups is 3. The number of hydrogen-bond donors (Lipinski definition) is 1. The van der Waals surface area contributed by atoms with Crippen LogP contribution in [0.1, 0.15) is 35.7 Å². The van der Waals surface area contributed by atoms with Crippen LogP contribution in [0.5, 0.6) is 0 Å². The van der Waals surface area contributed by atoms with E-state index in [0.29, 0.717) is 31.6 Å². The highest BCUT2D eigenvalue weighted by Crippen LogP contribution is 2.22. The van der Waals surface area contributed by atoms with Gasteiger partial charge in [0.25, 0.3) is 5.91 Å². The molecular weight excluding hydrogens is 375 g/mol. The number of rotatable bonds is 7. The normalized spacial score (nSPS) is 14.6. The Morgan fingerprint density at radius 1 is 1.21 bits per heavy atom. The van der Waals surface area contributed by atoms with Gasteiger partial charge in [0.2, 0.25) is 5.91 Å². The number of amides is 2. The van der Waals surface area contributed by atoms with Gasteiger partial charge in [0.15, 0.2) is 6.10 Å². The van der Waals surface area contributed by atoms with Crippen molar-refractivity contribution in [2.75, 3.05) is 18.0 Å². The molecule has 29 heavy (non-hydrogen) atoms. The maximum absolute atomic E-state index is 12.9. The van der Waals surface area contributed by atoms with Crippen molar-refractivity contribution in [3.05, 3.63) is 65.5 Å². The molecule has 6 nitrogen and oxygen atoms in total. The molecule has 0 spiro atoms. The molecule has 1 fully saturated rings. The van der Waals surface area contributed by atoms with E-state index >= 15 is 0 Å². The van der Waals surface area contributed by atoms with Gasteiger partial charge in [-0.15, -0.1) is 0 Å². The summed E-state index contributed by atoms with van der Waals surface area (Å²) in [5.41, 5.74) is 1.83. The molecule has 3 rings (SSSR count). The number of hydrogen-bond acceptors (Lipinski definition) is 4. The Kier molecular flexibility index (Phi) is 6.59. The maximum Gasteiger partial charge on any atom is 0.338 e. The van der Waals surface area contributed by atoms with Crippen LogP contribution in [0.15, 0.2) is 48.5 Å². The van der Waals surface area contributed by atoms with Gasteiger partial charge in [0.1, 0.15) is 5.82 Å². The fraction of sp³-hybridized carbons (Fsp3) is 0.318. The number of nitrogens with one attached hydrogen (secondary N) is 1. The van der Waals surface area contributed by atoms with Gasteiger partial charge >= 0.3 is 5.97 Å². The van der Waals surface area contributed by atoms with Crippen LogP contribution in [0.3, 0.4) is 0 Å². The number of halogens is 1. The van der Waals surface area contributed by atoms with E-state index < -0.39 is 18.0 Å². The summed E-state index contributed by atoms with van der Waals surface area (Å²) in [4.78, 5) is 38.1. The van der Waals surface area contributed by atoms with Crippen LogP contribution in [0, 0.1) is 5.82 Å². The SMILES string of the molecule is C[C@H](OC(=O)c1cccc(N2CCCC2=O)c1)C(=O)NCCc1ccc(F)cc1. The van der Waals surface area contributed by atoms with Crippen molar-refractivity contribution in [3.63, 3.8) is 0 Å². The zero-order valence-corrected chi connectivity index (χ0v) is 16.2. The summed E-state index contributed by atoms with van der Waals surface area (Å²) < 4.78 is 18.2. The monoisotopic (exact) mass is 398 g/mol. The van der Waals surface area contributed by atoms with Crippen LogP contribution < -0.4 is 10.2 Å². The van der Waals surface area contributed by atoms with E-state index in [-0.39, 0.29) is 17.3 Å². The Morgan fingerprint density at radius 3 is 2.66 bits per heavy atom. The molecular formula is C22H23FN2O4. The quantitative estimate of drug-likeness (QED) is 0.728. The lowest BCUT2D eigenvalue weighted by Gasteiger charge is -2.17. The van der Waals surface area contributed by atoms with Crippen molar-refractivity contribution in [2.45, 2.75) is 32.3 Å². The van der Waals surface area contributed by atoms with Gasteiger partial charge in [-0.2, -0.15) is 0 Å². The third-order valence-corrected chi connectivity index (χ3v) is 4.75. The number of benzene rings is 2. The van der Waals surface area contributed by atoms with Crippen LogP contribution in [0.2, 0.25) is 0 Å². The number of nitrogens with zero attached hydrogens (tertiary/aromatic N) is 1. The topological polar surface area (TPSA) is 75.7 Å². The van der Waals surface area contributed by atoms with E-state index in [9.17, 15) is 18.8 Å². The standard InChI is InChI=1S/C22H23FN2O4/c1-15(21(27)24-12-11-16-7-9-18(23)10-8-16)29-22(28)17-4-2-5-19(14-17)25-13-3-6-20(25)26/h2,4-5,7-10,14-15H,3,6,11-13H2,1H3,(H,24,27)/t15-/m0/s1. The molecule has 0 bridgehead atoms. The molecule has 0 saturated carbocycles. The highest BCUT2D eigenvalue weighted by Gasteiger charge is 2.23. The van der Waals surface area contributed by atoms with Crippen LogP contribution in [-0.2, 0) is 20.7 Å². The fourth-order valence-corrected chi connectivity index (χ4v) is 3.13. The zero-order chi connectivity index (χ0) is 20.8. The summed E-state index contributed by atoms with van der Waals surface area (Å²) in [5, 5.41) is 2.70. The van der Waals surface area contributed by atoms with E-state index in [2.05, 4.69) is 5.32 Å². The summed E-state index contributed by atoms with van der Waals surface area (Å²) in [5.74, 6) is -1.31. The molecule has 2 aromatic rings. The molecule has 1 aliphatic heterocycles. The molecule has 152 valence electrons. The minimum Gasteiger partial charge on any atom is -0.449 e. The third kappa shape index (κ3) is 5.40. The minimum atomic E-state index is -0.965. The highest BCUT2D eigenvalue weighted by molar-refractivity contribution is 5.98. The number of ether oxygens (including phenoxy) is 1. The molecule has 1 aliphatic rings. The maximum atomic E-state index is 12.9. The fourth-order valence-electron chi connectivity index (χ4n) is 3.13. The van der Waals surface area contributed by atoms with Crippen LogP contribution in [0.4, 0.5) is 10.1 Å². The molecule has 1 N–H and O–H groups in total. The molecule has 1 atom stereocenters. The molecule has 7 heteroatoms. The first-order chi connectivity index (χ1) is 13.9. The van der Waals surface area contributed by atoms with Crippen molar-refractivity contribution in [2.24, 2.45) is 0 Å². The van der Waals surface area contributed by atoms with Crippen molar-refractivity contribution >= 4 is 23.5 Å². The van der Waals surface area contributed by atoms with Gasteiger partial charge in [-0.1, -0.05) is 18.2 Å². The van der Waals surface area contributed by atoms with Crippen LogP contribution in [-0.4, -0.2) is 37.0 Å².